The van der Waals surface area contributed by atoms with Crippen LogP contribution in [0.25, 0.3) is 27.9 Å². The Kier molecular flexibility index (Phi) is 3.91. The smallest absolute Gasteiger partial charge is 0.306 e. The summed E-state index contributed by atoms with van der Waals surface area (Å²) in [5.74, 6) is -0.137. The van der Waals surface area contributed by atoms with Crippen LogP contribution < -0.4 is 5.32 Å². The van der Waals surface area contributed by atoms with Gasteiger partial charge >= 0.3 is 5.69 Å². The van der Waals surface area contributed by atoms with Crippen LogP contribution in [0.3, 0.4) is 0 Å². The summed E-state index contributed by atoms with van der Waals surface area (Å²) in [6.45, 7) is 0. The first-order chi connectivity index (χ1) is 14.5. The van der Waals surface area contributed by atoms with Gasteiger partial charge in [0, 0.05) is 47.5 Å². The maximum absolute atomic E-state index is 13.6. The van der Waals surface area contributed by atoms with Gasteiger partial charge in [-0.2, -0.15) is 24.0 Å². The number of benzene rings is 2. The predicted molar refractivity (Wildman–Crippen MR) is 109 cm³/mol. The van der Waals surface area contributed by atoms with Gasteiger partial charge in [-0.1, -0.05) is 18.2 Å². The number of aryl methyl sites for hydroxylation is 1. The molecule has 0 atom stereocenters. The van der Waals surface area contributed by atoms with E-state index in [1.807, 2.05) is 42.1 Å². The van der Waals surface area contributed by atoms with E-state index in [2.05, 4.69) is 20.4 Å². The van der Waals surface area contributed by atoms with E-state index in [1.54, 1.807) is 16.8 Å². The van der Waals surface area contributed by atoms with Gasteiger partial charge in [0.2, 0.25) is 11.8 Å². The molecule has 0 bridgehead atoms. The number of nitrogens with zero attached hydrogens (tertiary/aromatic N) is 6. The number of anilines is 2. The second kappa shape index (κ2) is 6.62. The van der Waals surface area contributed by atoms with E-state index in [9.17, 15) is 14.5 Å². The summed E-state index contributed by atoms with van der Waals surface area (Å²) in [6, 6.07) is 13.2. The first kappa shape index (κ1) is 17.7. The summed E-state index contributed by atoms with van der Waals surface area (Å²) in [7, 11) is 1.95. The Bertz CT molecular complexity index is 1440. The lowest BCUT2D eigenvalue weighted by Crippen LogP contribution is -2.05. The predicted octanol–water partition coefficient (Wildman–Crippen LogP) is 4.07. The van der Waals surface area contributed by atoms with Gasteiger partial charge in [0.15, 0.2) is 11.5 Å². The van der Waals surface area contributed by atoms with Crippen molar-refractivity contribution in [3.63, 3.8) is 0 Å². The minimum atomic E-state index is -0.908. The summed E-state index contributed by atoms with van der Waals surface area (Å²) in [4.78, 5) is 19.3. The van der Waals surface area contributed by atoms with Crippen molar-refractivity contribution >= 4 is 33.9 Å². The Labute approximate surface area is 168 Å². The van der Waals surface area contributed by atoms with Gasteiger partial charge in [0.25, 0.3) is 0 Å². The molecule has 3 heterocycles. The van der Waals surface area contributed by atoms with Crippen molar-refractivity contribution in [2.75, 3.05) is 5.32 Å². The molecule has 0 amide bonds. The number of nitrogens with one attached hydrogen (secondary N) is 1. The summed E-state index contributed by atoms with van der Waals surface area (Å²) < 4.78 is 17.3. The van der Waals surface area contributed by atoms with Gasteiger partial charge < -0.3 is 9.88 Å². The number of nitro groups is 1. The van der Waals surface area contributed by atoms with Crippen LogP contribution in [0.2, 0.25) is 0 Å². The molecule has 0 aliphatic rings. The number of para-hydroxylation sites is 1. The van der Waals surface area contributed by atoms with Crippen molar-refractivity contribution in [3.8, 4) is 11.4 Å². The molecule has 1 N–H and O–H groups in total. The minimum Gasteiger partial charge on any atom is -0.350 e. The first-order valence-corrected chi connectivity index (χ1v) is 8.98. The number of aromatic nitrogens is 5. The molecule has 148 valence electrons. The van der Waals surface area contributed by atoms with Crippen LogP contribution in [-0.4, -0.2) is 29.1 Å². The number of fused-ring (bicyclic) bond motifs is 2. The molecule has 0 aliphatic heterocycles. The van der Waals surface area contributed by atoms with Gasteiger partial charge in [-0.05, 0) is 18.2 Å². The summed E-state index contributed by atoms with van der Waals surface area (Å²) in [5.41, 5.74) is 2.12. The highest BCUT2D eigenvalue weighted by Crippen LogP contribution is 2.30. The molecule has 0 saturated carbocycles. The maximum atomic E-state index is 13.6. The highest BCUT2D eigenvalue weighted by molar-refractivity contribution is 5.94. The van der Waals surface area contributed by atoms with E-state index in [4.69, 9.17) is 0 Å². The van der Waals surface area contributed by atoms with Gasteiger partial charge in [0.1, 0.15) is 0 Å². The molecule has 0 unspecified atom stereocenters. The number of hydrogen-bond acceptors (Lipinski definition) is 6. The quantitative estimate of drug-likeness (QED) is 0.358. The third-order valence-corrected chi connectivity index (χ3v) is 4.79. The summed E-state index contributed by atoms with van der Waals surface area (Å²) >= 11 is 0. The highest BCUT2D eigenvalue weighted by Gasteiger charge is 2.18. The average Bonchev–Trinajstić information content (AvgIpc) is 3.33. The van der Waals surface area contributed by atoms with Crippen LogP contribution in [-0.2, 0) is 7.05 Å². The van der Waals surface area contributed by atoms with E-state index in [0.717, 1.165) is 28.6 Å². The average molecular weight is 403 g/mol. The van der Waals surface area contributed by atoms with Crippen molar-refractivity contribution < 1.29 is 9.31 Å². The van der Waals surface area contributed by atoms with Crippen LogP contribution in [0.15, 0.2) is 60.9 Å². The second-order valence-corrected chi connectivity index (χ2v) is 6.69. The van der Waals surface area contributed by atoms with Crippen molar-refractivity contribution in [1.29, 1.82) is 0 Å². The van der Waals surface area contributed by atoms with Crippen molar-refractivity contribution in [1.82, 2.24) is 24.1 Å². The normalized spacial score (nSPS) is 11.3. The molecular weight excluding hydrogens is 389 g/mol. The third-order valence-electron chi connectivity index (χ3n) is 4.79. The van der Waals surface area contributed by atoms with Crippen LogP contribution in [0.5, 0.6) is 0 Å². The minimum absolute atomic E-state index is 0.215. The Morgan fingerprint density at radius 1 is 1.13 bits per heavy atom. The monoisotopic (exact) mass is 403 g/mol. The zero-order valence-corrected chi connectivity index (χ0v) is 15.7. The van der Waals surface area contributed by atoms with Crippen LogP contribution in [0.1, 0.15) is 0 Å². The molecule has 0 radical (unpaired) electrons. The fourth-order valence-corrected chi connectivity index (χ4v) is 3.43. The fourth-order valence-electron chi connectivity index (χ4n) is 3.43. The molecule has 0 aliphatic carbocycles. The molecule has 0 fully saturated rings. The van der Waals surface area contributed by atoms with Crippen molar-refractivity contribution in [2.24, 2.45) is 7.05 Å². The van der Waals surface area contributed by atoms with Crippen LogP contribution in [0.4, 0.5) is 21.7 Å². The zero-order chi connectivity index (χ0) is 20.8. The largest absolute Gasteiger partial charge is 0.350 e. The number of halogens is 1. The molecule has 2 aromatic carbocycles. The molecule has 0 saturated heterocycles. The van der Waals surface area contributed by atoms with Crippen molar-refractivity contribution in [3.05, 3.63) is 76.9 Å². The molecule has 5 rings (SSSR count). The SMILES string of the molecule is Cn1cc(-c2nc(Nc3ccc(F)c([N+](=O)[O-])c3)nc3ccnn23)c2ccccc21. The lowest BCUT2D eigenvalue weighted by atomic mass is 10.1. The third kappa shape index (κ3) is 2.82. The number of rotatable bonds is 4. The van der Waals surface area contributed by atoms with Gasteiger partial charge in [-0.25, -0.2) is 0 Å². The van der Waals surface area contributed by atoms with E-state index in [1.165, 1.54) is 6.07 Å². The Balaban J connectivity index is 1.66. The second-order valence-electron chi connectivity index (χ2n) is 6.69. The van der Waals surface area contributed by atoms with E-state index >= 15 is 0 Å². The molecule has 3 aromatic heterocycles. The number of hydrogen-bond donors (Lipinski definition) is 1. The molecule has 9 nitrogen and oxygen atoms in total. The van der Waals surface area contributed by atoms with Gasteiger partial charge in [0.05, 0.1) is 11.1 Å². The first-order valence-electron chi connectivity index (χ1n) is 8.98. The van der Waals surface area contributed by atoms with Gasteiger partial charge in [-0.15, -0.1) is 0 Å². The summed E-state index contributed by atoms with van der Waals surface area (Å²) in [5, 5.41) is 19.3. The summed E-state index contributed by atoms with van der Waals surface area (Å²) in [6.07, 6.45) is 3.58. The molecule has 0 spiro atoms. The van der Waals surface area contributed by atoms with E-state index in [0.29, 0.717) is 17.2 Å². The van der Waals surface area contributed by atoms with Crippen LogP contribution >= 0.6 is 0 Å². The van der Waals surface area contributed by atoms with E-state index in [-0.39, 0.29) is 5.95 Å². The molecule has 30 heavy (non-hydrogen) atoms. The lowest BCUT2D eigenvalue weighted by Gasteiger charge is -2.09. The Hall–Kier alpha value is -4.34. The van der Waals surface area contributed by atoms with Crippen molar-refractivity contribution in [2.45, 2.75) is 0 Å². The zero-order valence-electron chi connectivity index (χ0n) is 15.7. The highest BCUT2D eigenvalue weighted by atomic mass is 19.1. The lowest BCUT2D eigenvalue weighted by molar-refractivity contribution is -0.387. The van der Waals surface area contributed by atoms with Gasteiger partial charge in [-0.3, -0.25) is 10.1 Å². The number of nitro benzene ring substituents is 1. The Morgan fingerprint density at radius 3 is 2.80 bits per heavy atom. The standard InChI is InChI=1S/C20H14FN7O2/c1-26-11-14(13-4-2-3-5-16(13)26)19-25-20(24-18-8-9-22-27(18)19)23-12-6-7-15(21)17(10-12)28(29)30/h2-11H,1H3,(H,23,24). The Morgan fingerprint density at radius 2 is 1.97 bits per heavy atom. The molecule has 10 heteroatoms. The van der Waals surface area contributed by atoms with E-state index < -0.39 is 16.4 Å². The molecule has 5 aromatic rings. The molecular formula is C20H14FN7O2. The fraction of sp³-hybridized carbons (Fsp3) is 0.0500. The topological polar surface area (TPSA) is 103 Å². The van der Waals surface area contributed by atoms with Crippen LogP contribution in [0, 0.1) is 15.9 Å². The maximum Gasteiger partial charge on any atom is 0.306 e.